The maximum absolute atomic E-state index is 12.1. The first-order valence-corrected chi connectivity index (χ1v) is 4.03. The second-order valence-corrected chi connectivity index (χ2v) is 3.24. The van der Waals surface area contributed by atoms with E-state index in [0.29, 0.717) is 6.54 Å². The Bertz CT molecular complexity index is 87.3. The molecule has 0 saturated carbocycles. The zero-order valence-corrected chi connectivity index (χ0v) is 7.55. The van der Waals surface area contributed by atoms with E-state index in [1.165, 1.54) is 0 Å². The largest absolute Gasteiger partial charge is 0.394 e. The van der Waals surface area contributed by atoms with Crippen LogP contribution in [0.5, 0.6) is 0 Å². The van der Waals surface area contributed by atoms with Gasteiger partial charge in [0.2, 0.25) is 0 Å². The van der Waals surface area contributed by atoms with E-state index in [1.54, 1.807) is 13.8 Å². The summed E-state index contributed by atoms with van der Waals surface area (Å²) in [6.45, 7) is 5.02. The Morgan fingerprint density at radius 1 is 1.55 bits per heavy atom. The second-order valence-electron chi connectivity index (χ2n) is 3.24. The third-order valence-corrected chi connectivity index (χ3v) is 1.33. The van der Waals surface area contributed by atoms with Crippen molar-refractivity contribution in [3.05, 3.63) is 0 Å². The highest BCUT2D eigenvalue weighted by Gasteiger charge is 2.17. The van der Waals surface area contributed by atoms with Gasteiger partial charge in [0.15, 0.2) is 0 Å². The van der Waals surface area contributed by atoms with E-state index in [0.717, 1.165) is 13.0 Å². The molecule has 1 N–H and O–H groups in total. The lowest BCUT2D eigenvalue weighted by atomic mass is 10.4. The molecule has 0 bridgehead atoms. The molecule has 0 aromatic heterocycles. The van der Waals surface area contributed by atoms with Crippen LogP contribution >= 0.6 is 0 Å². The van der Waals surface area contributed by atoms with Crippen molar-refractivity contribution in [1.82, 2.24) is 4.90 Å². The Hall–Kier alpha value is -0.150. The number of likely N-dealkylation sites (tertiary alicyclic amines) is 1. The summed E-state index contributed by atoms with van der Waals surface area (Å²) in [5.74, 6) is 0. The highest BCUT2D eigenvalue weighted by Crippen LogP contribution is 2.08. The maximum Gasteiger partial charge on any atom is 0.114 e. The highest BCUT2D eigenvalue weighted by atomic mass is 19.1. The number of aliphatic hydroxyl groups is 1. The Balaban J connectivity index is 0.000000218. The van der Waals surface area contributed by atoms with Crippen molar-refractivity contribution in [2.45, 2.75) is 32.5 Å². The molecule has 68 valence electrons. The molecule has 3 heteroatoms. The van der Waals surface area contributed by atoms with Crippen molar-refractivity contribution in [1.29, 1.82) is 0 Å². The molecule has 1 atom stereocenters. The van der Waals surface area contributed by atoms with Gasteiger partial charge in [0.25, 0.3) is 0 Å². The Morgan fingerprint density at radius 3 is 2.09 bits per heavy atom. The first kappa shape index (κ1) is 10.8. The molecule has 0 aromatic carbocycles. The summed E-state index contributed by atoms with van der Waals surface area (Å²) >= 11 is 0. The molecule has 0 aromatic rings. The average Bonchev–Trinajstić information content (AvgIpc) is 2.13. The number of nitrogens with zero attached hydrogens (tertiary/aromatic N) is 1. The fourth-order valence-electron chi connectivity index (χ4n) is 0.881. The van der Waals surface area contributed by atoms with Gasteiger partial charge in [-0.15, -0.1) is 0 Å². The van der Waals surface area contributed by atoms with Crippen LogP contribution in [0.15, 0.2) is 0 Å². The molecule has 1 saturated heterocycles. The minimum absolute atomic E-state index is 0.167. The van der Waals surface area contributed by atoms with Crippen LogP contribution in [0.4, 0.5) is 4.39 Å². The number of rotatable bonds is 0. The summed E-state index contributed by atoms with van der Waals surface area (Å²) in [5.41, 5.74) is 0. The molecule has 0 spiro atoms. The number of aliphatic hydroxyl groups excluding tert-OH is 1. The lowest BCUT2D eigenvalue weighted by molar-refractivity contribution is 0.216. The van der Waals surface area contributed by atoms with Gasteiger partial charge in [0.05, 0.1) is 0 Å². The number of alkyl halides is 1. The Morgan fingerprint density at radius 2 is 2.00 bits per heavy atom. The summed E-state index contributed by atoms with van der Waals surface area (Å²) in [4.78, 5) is 2.00. The average molecular weight is 163 g/mol. The number of halogens is 1. The summed E-state index contributed by atoms with van der Waals surface area (Å²) in [6.07, 6.45) is 0.0150. The minimum Gasteiger partial charge on any atom is -0.394 e. The predicted molar refractivity (Wildman–Crippen MR) is 44.4 cm³/mol. The third-order valence-electron chi connectivity index (χ3n) is 1.33. The van der Waals surface area contributed by atoms with Crippen LogP contribution < -0.4 is 0 Å². The molecular formula is C8H18FNO. The molecule has 1 aliphatic rings. The van der Waals surface area contributed by atoms with Gasteiger partial charge < -0.3 is 10.0 Å². The highest BCUT2D eigenvalue weighted by molar-refractivity contribution is 4.70. The quantitative estimate of drug-likeness (QED) is 0.577. The molecule has 11 heavy (non-hydrogen) atoms. The fraction of sp³-hybridized carbons (Fsp3) is 1.00. The van der Waals surface area contributed by atoms with Gasteiger partial charge in [0, 0.05) is 19.2 Å². The van der Waals surface area contributed by atoms with Crippen molar-refractivity contribution in [2.75, 3.05) is 20.1 Å². The summed E-state index contributed by atoms with van der Waals surface area (Å²) in [5, 5.41) is 8.06. The first-order valence-electron chi connectivity index (χ1n) is 4.03. The number of hydrogen-bond donors (Lipinski definition) is 1. The molecule has 2 nitrogen and oxygen atoms in total. The second kappa shape index (κ2) is 5.49. The molecule has 0 radical (unpaired) electrons. The van der Waals surface area contributed by atoms with Gasteiger partial charge in [-0.3, -0.25) is 0 Å². The normalized spacial score (nSPS) is 25.1. The van der Waals surface area contributed by atoms with Crippen LogP contribution in [0.1, 0.15) is 20.3 Å². The van der Waals surface area contributed by atoms with Gasteiger partial charge in [-0.05, 0) is 27.3 Å². The van der Waals surface area contributed by atoms with Crippen LogP contribution in [0.3, 0.4) is 0 Å². The summed E-state index contributed by atoms with van der Waals surface area (Å²) in [6, 6.07) is 0. The SMILES string of the molecule is CC(C)O.CN1CCC(F)C1. The Labute approximate surface area is 68.0 Å². The molecule has 1 unspecified atom stereocenters. The van der Waals surface area contributed by atoms with Crippen LogP contribution in [-0.2, 0) is 0 Å². The summed E-state index contributed by atoms with van der Waals surface area (Å²) < 4.78 is 12.1. The van der Waals surface area contributed by atoms with E-state index in [4.69, 9.17) is 5.11 Å². The third kappa shape index (κ3) is 7.75. The molecule has 0 aliphatic carbocycles. The van der Waals surface area contributed by atoms with Crippen molar-refractivity contribution in [2.24, 2.45) is 0 Å². The number of hydrogen-bond acceptors (Lipinski definition) is 2. The maximum atomic E-state index is 12.1. The molecular weight excluding hydrogens is 145 g/mol. The van der Waals surface area contributed by atoms with Gasteiger partial charge in [-0.2, -0.15) is 0 Å². The molecule has 1 aliphatic heterocycles. The van der Waals surface area contributed by atoms with Crippen LogP contribution in [0.25, 0.3) is 0 Å². The smallest absolute Gasteiger partial charge is 0.114 e. The van der Waals surface area contributed by atoms with Gasteiger partial charge in [0.1, 0.15) is 6.17 Å². The van der Waals surface area contributed by atoms with E-state index in [1.807, 2.05) is 11.9 Å². The van der Waals surface area contributed by atoms with Gasteiger partial charge >= 0.3 is 0 Å². The molecule has 1 fully saturated rings. The van der Waals surface area contributed by atoms with Crippen LogP contribution in [-0.4, -0.2) is 42.4 Å². The molecule has 1 rings (SSSR count). The van der Waals surface area contributed by atoms with Crippen molar-refractivity contribution in [3.8, 4) is 0 Å². The Kier molecular flexibility index (Phi) is 5.42. The van der Waals surface area contributed by atoms with Crippen LogP contribution in [0.2, 0.25) is 0 Å². The van der Waals surface area contributed by atoms with E-state index >= 15 is 0 Å². The fourth-order valence-corrected chi connectivity index (χ4v) is 0.881. The van der Waals surface area contributed by atoms with Crippen molar-refractivity contribution >= 4 is 0 Å². The standard InChI is InChI=1S/C5H10FN.C3H8O/c1-7-3-2-5(6)4-7;1-3(2)4/h5H,2-4H2,1H3;3-4H,1-2H3. The van der Waals surface area contributed by atoms with Crippen molar-refractivity contribution in [3.63, 3.8) is 0 Å². The van der Waals surface area contributed by atoms with E-state index in [-0.39, 0.29) is 6.10 Å². The van der Waals surface area contributed by atoms with Crippen molar-refractivity contribution < 1.29 is 9.50 Å². The summed E-state index contributed by atoms with van der Waals surface area (Å²) in [7, 11) is 1.94. The van der Waals surface area contributed by atoms with Gasteiger partial charge in [-0.1, -0.05) is 0 Å². The topological polar surface area (TPSA) is 23.5 Å². The lowest BCUT2D eigenvalue weighted by Crippen LogP contribution is -2.13. The van der Waals surface area contributed by atoms with E-state index < -0.39 is 6.17 Å². The van der Waals surface area contributed by atoms with E-state index in [2.05, 4.69) is 0 Å². The van der Waals surface area contributed by atoms with Crippen LogP contribution in [0, 0.1) is 0 Å². The monoisotopic (exact) mass is 163 g/mol. The molecule has 0 amide bonds. The van der Waals surface area contributed by atoms with E-state index in [9.17, 15) is 4.39 Å². The lowest BCUT2D eigenvalue weighted by Gasteiger charge is -2.01. The zero-order valence-electron chi connectivity index (χ0n) is 7.55. The predicted octanol–water partition coefficient (Wildman–Crippen LogP) is 1.05. The minimum atomic E-state index is -0.551. The molecule has 1 heterocycles. The zero-order chi connectivity index (χ0) is 8.85. The van der Waals surface area contributed by atoms with Gasteiger partial charge in [-0.25, -0.2) is 4.39 Å². The first-order chi connectivity index (χ1) is 5.02.